The van der Waals surface area contributed by atoms with Crippen molar-refractivity contribution >= 4 is 27.3 Å². The normalized spacial score (nSPS) is 17.1. The van der Waals surface area contributed by atoms with E-state index in [1.54, 1.807) is 0 Å². The zero-order valence-electron chi connectivity index (χ0n) is 24.7. The van der Waals surface area contributed by atoms with E-state index in [-0.39, 0.29) is 93.9 Å². The second kappa shape index (κ2) is 6.35. The van der Waals surface area contributed by atoms with Gasteiger partial charge in [-0.1, -0.05) is 35.6 Å². The smallest absolute Gasteiger partial charge is 0.0846 e. The summed E-state index contributed by atoms with van der Waals surface area (Å²) in [6.07, 6.45) is -0.853. The van der Waals surface area contributed by atoms with Gasteiger partial charge in [0.2, 0.25) is 0 Å². The largest absolute Gasteiger partial charge is 0.340 e. The van der Waals surface area contributed by atoms with Gasteiger partial charge in [0.1, 0.15) is 0 Å². The van der Waals surface area contributed by atoms with Gasteiger partial charge >= 0.3 is 0 Å². The number of imidazole rings is 1. The van der Waals surface area contributed by atoms with Gasteiger partial charge in [-0.2, -0.15) is 0 Å². The molecule has 0 aliphatic carbocycles. The van der Waals surface area contributed by atoms with Gasteiger partial charge < -0.3 is 4.40 Å². The zero-order valence-corrected chi connectivity index (χ0v) is 16.1. The standard InChI is InChI=1S/C23H17N2.Ir/c1-15-6-5-7-16(2)22(15)17-10-11-21-20(14-17)18-8-3-4-9-19(18)23-24-12-13-25(21)23;/h3-8,10-14H,1-2H3;/q-1;/i3D,4D,5D,6D,7D,8D,10D,11D,12D,13D,14D;. The van der Waals surface area contributed by atoms with E-state index < -0.39 is 42.6 Å². The molecular weight excluding hydrogens is 496 g/mol. The van der Waals surface area contributed by atoms with Gasteiger partial charge in [-0.15, -0.1) is 29.6 Å². The molecule has 5 aromatic rings. The second-order valence-electron chi connectivity index (χ2n) is 5.72. The van der Waals surface area contributed by atoms with E-state index in [1.807, 2.05) is 0 Å². The number of rotatable bonds is 1. The molecule has 3 aromatic carbocycles. The van der Waals surface area contributed by atoms with Gasteiger partial charge in [-0.25, -0.2) is 0 Å². The first-order valence-corrected chi connectivity index (χ1v) is 7.62. The molecule has 2 heterocycles. The molecule has 1 radical (unpaired) electrons. The summed E-state index contributed by atoms with van der Waals surface area (Å²) >= 11 is 0. The van der Waals surface area contributed by atoms with Gasteiger partial charge in [0.15, 0.2) is 0 Å². The summed E-state index contributed by atoms with van der Waals surface area (Å²) in [5.74, 6) is 0. The van der Waals surface area contributed by atoms with Crippen LogP contribution in [0.3, 0.4) is 0 Å². The maximum Gasteiger partial charge on any atom is 0.0846 e. The van der Waals surface area contributed by atoms with Crippen LogP contribution >= 0.6 is 0 Å². The Kier molecular flexibility index (Phi) is 2.07. The summed E-state index contributed by atoms with van der Waals surface area (Å²) in [4.78, 5) is 4.05. The van der Waals surface area contributed by atoms with E-state index in [1.165, 1.54) is 13.8 Å². The fourth-order valence-electron chi connectivity index (χ4n) is 3.10. The molecule has 2 nitrogen and oxygen atoms in total. The monoisotopic (exact) mass is 525 g/mol. The third kappa shape index (κ3) is 2.39. The quantitative estimate of drug-likeness (QED) is 0.203. The molecule has 0 spiro atoms. The fraction of sp³-hybridized carbons (Fsp3) is 0.0870. The number of aromatic nitrogens is 2. The van der Waals surface area contributed by atoms with E-state index in [2.05, 4.69) is 11.1 Å². The van der Waals surface area contributed by atoms with Crippen LogP contribution in [-0.2, 0) is 20.1 Å². The van der Waals surface area contributed by atoms with Gasteiger partial charge in [0.25, 0.3) is 0 Å². The van der Waals surface area contributed by atoms with Crippen molar-refractivity contribution in [2.45, 2.75) is 13.8 Å². The van der Waals surface area contributed by atoms with Gasteiger partial charge in [0, 0.05) is 40.7 Å². The molecule has 0 saturated carbocycles. The maximum absolute atomic E-state index is 9.14. The van der Waals surface area contributed by atoms with Gasteiger partial charge in [-0.3, -0.25) is 4.98 Å². The summed E-state index contributed by atoms with van der Waals surface area (Å²) in [5, 5.41) is -0.0387. The number of fused-ring (bicyclic) bond motifs is 6. The number of hydrogen-bond acceptors (Lipinski definition) is 1. The Morgan fingerprint density at radius 3 is 2.62 bits per heavy atom. The Labute approximate surface area is 181 Å². The van der Waals surface area contributed by atoms with Crippen molar-refractivity contribution in [2.24, 2.45) is 0 Å². The SMILES string of the molecule is [2H]c1[c-]c2c(c([2H])c1[2H])c1c([2H])c(-c3c(C)c([2H])c([2H])c([2H])c3C)c([2H])c([2H])c1n1c([2H])c([2H])nc21.[Ir]. The molecular formula is C23H17IrN2-. The molecule has 0 atom stereocenters. The van der Waals surface area contributed by atoms with Crippen molar-refractivity contribution in [1.29, 1.82) is 0 Å². The van der Waals surface area contributed by atoms with Crippen molar-refractivity contribution < 1.29 is 35.2 Å². The molecule has 26 heavy (non-hydrogen) atoms. The predicted octanol–water partition coefficient (Wildman–Crippen LogP) is 5.72. The number of nitrogens with zero attached hydrogens (tertiary/aromatic N) is 2. The molecule has 5 rings (SSSR count). The van der Waals surface area contributed by atoms with Crippen LogP contribution in [0.5, 0.6) is 0 Å². The summed E-state index contributed by atoms with van der Waals surface area (Å²) in [7, 11) is 0. The first-order valence-electron chi connectivity index (χ1n) is 13.1. The fourth-order valence-corrected chi connectivity index (χ4v) is 3.10. The molecule has 3 heteroatoms. The molecule has 0 fully saturated rings. The Hall–Kier alpha value is -2.48. The maximum atomic E-state index is 9.14. The Morgan fingerprint density at radius 2 is 1.81 bits per heavy atom. The van der Waals surface area contributed by atoms with Crippen molar-refractivity contribution in [1.82, 2.24) is 9.38 Å². The van der Waals surface area contributed by atoms with E-state index in [9.17, 15) is 0 Å². The summed E-state index contributed by atoms with van der Waals surface area (Å²) in [6.45, 7) is 3.08. The number of hydrogen-bond donors (Lipinski definition) is 0. The average molecular weight is 525 g/mol. The summed E-state index contributed by atoms with van der Waals surface area (Å²) in [5.41, 5.74) is 0.464. The Bertz CT molecular complexity index is 1800. The molecule has 0 aliphatic heterocycles. The summed E-state index contributed by atoms with van der Waals surface area (Å²) < 4.78 is 93.7. The molecule has 0 unspecified atom stereocenters. The third-order valence-electron chi connectivity index (χ3n) is 4.21. The summed E-state index contributed by atoms with van der Waals surface area (Å²) in [6, 6.07) is -0.574. The van der Waals surface area contributed by atoms with E-state index in [0.29, 0.717) is 0 Å². The Morgan fingerprint density at radius 1 is 1.00 bits per heavy atom. The number of pyridine rings is 1. The second-order valence-corrected chi connectivity index (χ2v) is 5.72. The van der Waals surface area contributed by atoms with Crippen molar-refractivity contribution in [3.63, 3.8) is 0 Å². The molecule has 0 N–H and O–H groups in total. The van der Waals surface area contributed by atoms with Crippen LogP contribution in [0.15, 0.2) is 66.7 Å². The van der Waals surface area contributed by atoms with Gasteiger partial charge in [-0.05, 0) is 48.9 Å². The van der Waals surface area contributed by atoms with E-state index in [4.69, 9.17) is 15.1 Å². The molecule has 0 aliphatic rings. The zero-order chi connectivity index (χ0) is 26.5. The van der Waals surface area contributed by atoms with E-state index >= 15 is 0 Å². The topological polar surface area (TPSA) is 17.3 Å². The van der Waals surface area contributed by atoms with Gasteiger partial charge in [0.05, 0.1) is 16.6 Å². The van der Waals surface area contributed by atoms with Crippen molar-refractivity contribution in [3.8, 4) is 11.1 Å². The van der Waals surface area contributed by atoms with Crippen LogP contribution in [0.4, 0.5) is 0 Å². The van der Waals surface area contributed by atoms with Crippen molar-refractivity contribution in [2.75, 3.05) is 0 Å². The minimum atomic E-state index is -0.466. The average Bonchev–Trinajstić information content (AvgIpc) is 3.14. The molecule has 2 aromatic heterocycles. The minimum Gasteiger partial charge on any atom is -0.340 e. The molecule has 0 bridgehead atoms. The number of benzene rings is 3. The van der Waals surface area contributed by atoms with Crippen LogP contribution in [0.25, 0.3) is 38.4 Å². The van der Waals surface area contributed by atoms with Crippen LogP contribution in [-0.4, -0.2) is 9.38 Å². The van der Waals surface area contributed by atoms with Crippen LogP contribution in [0, 0.1) is 19.9 Å². The first kappa shape index (κ1) is 8.47. The minimum absolute atomic E-state index is 0. The van der Waals surface area contributed by atoms with Crippen molar-refractivity contribution in [3.05, 3.63) is 83.9 Å². The molecule has 0 saturated heterocycles. The first-order chi connectivity index (χ1) is 16.8. The van der Waals surface area contributed by atoms with Crippen LogP contribution < -0.4 is 0 Å². The molecule has 129 valence electrons. The Balaban J connectivity index is 0.00000320. The van der Waals surface area contributed by atoms with Crippen LogP contribution in [0.2, 0.25) is 0 Å². The van der Waals surface area contributed by atoms with Crippen LogP contribution in [0.1, 0.15) is 26.2 Å². The third-order valence-corrected chi connectivity index (χ3v) is 4.21. The molecule has 0 amide bonds. The predicted molar refractivity (Wildman–Crippen MR) is 104 cm³/mol. The van der Waals surface area contributed by atoms with E-state index in [0.717, 1.165) is 4.40 Å².